The average molecular weight is 134 g/mol. The molecule has 0 unspecified atom stereocenters. The van der Waals surface area contributed by atoms with Gasteiger partial charge in [-0.1, -0.05) is 13.2 Å². The summed E-state index contributed by atoms with van der Waals surface area (Å²) >= 11 is 0. The molecule has 0 aliphatic heterocycles. The summed E-state index contributed by atoms with van der Waals surface area (Å²) in [7, 11) is 1.77. The summed E-state index contributed by atoms with van der Waals surface area (Å²) in [4.78, 5) is 0. The number of allylic oxidation sites excluding steroid dienone is 3. The van der Waals surface area contributed by atoms with Gasteiger partial charge in [0.1, 0.15) is 0 Å². The van der Waals surface area contributed by atoms with Crippen LogP contribution in [0, 0.1) is 11.3 Å². The number of nitrogens with zero attached hydrogens (tertiary/aromatic N) is 1. The maximum absolute atomic E-state index is 8.27. The molecule has 0 aromatic heterocycles. The quantitative estimate of drug-likeness (QED) is 0.467. The predicted molar refractivity (Wildman–Crippen MR) is 42.1 cm³/mol. The van der Waals surface area contributed by atoms with Gasteiger partial charge in [0.25, 0.3) is 0 Å². The van der Waals surface area contributed by atoms with Gasteiger partial charge in [-0.15, -0.1) is 0 Å². The number of likely N-dealkylation sites (N-methyl/N-ethyl adjacent to an activating group) is 1. The Morgan fingerprint density at radius 3 is 2.50 bits per heavy atom. The van der Waals surface area contributed by atoms with Crippen LogP contribution >= 0.6 is 0 Å². The van der Waals surface area contributed by atoms with Crippen LogP contribution in [0.2, 0.25) is 0 Å². The summed E-state index contributed by atoms with van der Waals surface area (Å²) in [5, 5.41) is 11.1. The average Bonchev–Trinajstić information content (AvgIpc) is 1.99. The SMILES string of the molecule is C=C(C#N)/C=C\C(=C)NC. The van der Waals surface area contributed by atoms with E-state index in [1.165, 1.54) is 0 Å². The van der Waals surface area contributed by atoms with Crippen LogP contribution in [0.1, 0.15) is 0 Å². The van der Waals surface area contributed by atoms with Crippen LogP contribution in [0.15, 0.2) is 36.6 Å². The van der Waals surface area contributed by atoms with Crippen LogP contribution in [0.25, 0.3) is 0 Å². The van der Waals surface area contributed by atoms with E-state index < -0.39 is 0 Å². The van der Waals surface area contributed by atoms with Crippen LogP contribution < -0.4 is 5.32 Å². The Morgan fingerprint density at radius 1 is 1.50 bits per heavy atom. The zero-order valence-electron chi connectivity index (χ0n) is 6.02. The molecule has 0 rings (SSSR count). The number of nitrogens with one attached hydrogen (secondary N) is 1. The van der Waals surface area contributed by atoms with Crippen molar-refractivity contribution >= 4 is 0 Å². The molecule has 0 amide bonds. The van der Waals surface area contributed by atoms with Crippen molar-refractivity contribution in [3.05, 3.63) is 36.6 Å². The highest BCUT2D eigenvalue weighted by molar-refractivity contribution is 5.32. The zero-order valence-corrected chi connectivity index (χ0v) is 6.02. The fourth-order valence-corrected chi connectivity index (χ4v) is 0.322. The lowest BCUT2D eigenvalue weighted by Gasteiger charge is -1.93. The molecule has 0 aromatic carbocycles. The van der Waals surface area contributed by atoms with Gasteiger partial charge in [0, 0.05) is 18.3 Å². The monoisotopic (exact) mass is 134 g/mol. The van der Waals surface area contributed by atoms with Crippen molar-refractivity contribution in [1.82, 2.24) is 5.32 Å². The molecule has 52 valence electrons. The third kappa shape index (κ3) is 3.50. The van der Waals surface area contributed by atoms with E-state index in [1.54, 1.807) is 19.2 Å². The van der Waals surface area contributed by atoms with Gasteiger partial charge in [-0.05, 0) is 12.2 Å². The lowest BCUT2D eigenvalue weighted by atomic mass is 10.3. The number of nitriles is 1. The lowest BCUT2D eigenvalue weighted by molar-refractivity contribution is 1.04. The third-order valence-electron chi connectivity index (χ3n) is 0.950. The topological polar surface area (TPSA) is 35.8 Å². The van der Waals surface area contributed by atoms with Gasteiger partial charge in [0.05, 0.1) is 6.07 Å². The first-order valence-electron chi connectivity index (χ1n) is 2.84. The van der Waals surface area contributed by atoms with Crippen LogP contribution in [0.5, 0.6) is 0 Å². The van der Waals surface area contributed by atoms with Gasteiger partial charge in [-0.2, -0.15) is 5.26 Å². The molecule has 0 aliphatic carbocycles. The standard InChI is InChI=1S/C8H10N2/c1-7(6-9)4-5-8(2)10-3/h4-5,10H,1-2H2,3H3/b5-4-. The Hall–Kier alpha value is -1.49. The second-order valence-electron chi connectivity index (χ2n) is 1.75. The first-order chi connectivity index (χ1) is 4.70. The van der Waals surface area contributed by atoms with Crippen LogP contribution in [0.4, 0.5) is 0 Å². The van der Waals surface area contributed by atoms with Gasteiger partial charge in [0.2, 0.25) is 0 Å². The number of hydrogen-bond donors (Lipinski definition) is 1. The van der Waals surface area contributed by atoms with E-state index in [1.807, 2.05) is 6.07 Å². The first kappa shape index (κ1) is 8.51. The molecule has 0 aromatic rings. The van der Waals surface area contributed by atoms with E-state index >= 15 is 0 Å². The Bertz CT molecular complexity index is 206. The van der Waals surface area contributed by atoms with Crippen molar-refractivity contribution in [3.8, 4) is 6.07 Å². The van der Waals surface area contributed by atoms with Crippen molar-refractivity contribution in [3.63, 3.8) is 0 Å². The summed E-state index contributed by atoms with van der Waals surface area (Å²) in [6, 6.07) is 1.89. The van der Waals surface area contributed by atoms with E-state index in [0.717, 1.165) is 5.70 Å². The van der Waals surface area contributed by atoms with Gasteiger partial charge in [-0.25, -0.2) is 0 Å². The van der Waals surface area contributed by atoms with Crippen LogP contribution in [0.3, 0.4) is 0 Å². The van der Waals surface area contributed by atoms with Crippen molar-refractivity contribution in [1.29, 1.82) is 5.26 Å². The van der Waals surface area contributed by atoms with Gasteiger partial charge >= 0.3 is 0 Å². The van der Waals surface area contributed by atoms with Gasteiger partial charge in [-0.3, -0.25) is 0 Å². The van der Waals surface area contributed by atoms with E-state index in [-0.39, 0.29) is 0 Å². The Morgan fingerprint density at radius 2 is 2.10 bits per heavy atom. The van der Waals surface area contributed by atoms with Crippen LogP contribution in [-0.4, -0.2) is 7.05 Å². The molecule has 0 aliphatic rings. The van der Waals surface area contributed by atoms with E-state index in [0.29, 0.717) is 5.57 Å². The van der Waals surface area contributed by atoms with E-state index in [4.69, 9.17) is 5.26 Å². The number of hydrogen-bond acceptors (Lipinski definition) is 2. The fraction of sp³-hybridized carbons (Fsp3) is 0.125. The van der Waals surface area contributed by atoms with Crippen molar-refractivity contribution < 1.29 is 0 Å². The van der Waals surface area contributed by atoms with Gasteiger partial charge < -0.3 is 5.32 Å². The molecule has 0 spiro atoms. The third-order valence-corrected chi connectivity index (χ3v) is 0.950. The molecule has 0 atom stereocenters. The van der Waals surface area contributed by atoms with E-state index in [2.05, 4.69) is 18.5 Å². The van der Waals surface area contributed by atoms with E-state index in [9.17, 15) is 0 Å². The Kier molecular flexibility index (Phi) is 3.74. The predicted octanol–water partition coefficient (Wildman–Crippen LogP) is 1.36. The van der Waals surface area contributed by atoms with Crippen LogP contribution in [-0.2, 0) is 0 Å². The minimum absolute atomic E-state index is 0.427. The highest BCUT2D eigenvalue weighted by Crippen LogP contribution is 1.92. The summed E-state index contributed by atoms with van der Waals surface area (Å²) in [6.45, 7) is 7.09. The maximum Gasteiger partial charge on any atom is 0.0985 e. The number of rotatable bonds is 3. The van der Waals surface area contributed by atoms with Crippen molar-refractivity contribution in [2.45, 2.75) is 0 Å². The normalized spacial score (nSPS) is 8.80. The summed E-state index contributed by atoms with van der Waals surface area (Å²) in [5.41, 5.74) is 1.19. The largest absolute Gasteiger partial charge is 0.389 e. The zero-order chi connectivity index (χ0) is 7.98. The molecule has 2 heteroatoms. The minimum atomic E-state index is 0.427. The first-order valence-corrected chi connectivity index (χ1v) is 2.84. The molecule has 0 saturated carbocycles. The molecule has 1 N–H and O–H groups in total. The smallest absolute Gasteiger partial charge is 0.0985 e. The molecule has 0 saturated heterocycles. The maximum atomic E-state index is 8.27. The summed E-state index contributed by atoms with van der Waals surface area (Å²) in [5.74, 6) is 0. The molecule has 0 fully saturated rings. The molecule has 0 heterocycles. The fourth-order valence-electron chi connectivity index (χ4n) is 0.322. The highest BCUT2D eigenvalue weighted by Gasteiger charge is 1.81. The molecule has 0 radical (unpaired) electrons. The lowest BCUT2D eigenvalue weighted by Crippen LogP contribution is -2.00. The second-order valence-corrected chi connectivity index (χ2v) is 1.75. The molecule has 2 nitrogen and oxygen atoms in total. The highest BCUT2D eigenvalue weighted by atomic mass is 14.8. The Labute approximate surface area is 61.2 Å². The summed E-state index contributed by atoms with van der Waals surface area (Å²) in [6.07, 6.45) is 3.31. The minimum Gasteiger partial charge on any atom is -0.389 e. The molecular weight excluding hydrogens is 124 g/mol. The Balaban J connectivity index is 3.91. The molecule has 10 heavy (non-hydrogen) atoms. The van der Waals surface area contributed by atoms with Crippen molar-refractivity contribution in [2.24, 2.45) is 0 Å². The molecule has 0 bridgehead atoms. The van der Waals surface area contributed by atoms with Gasteiger partial charge in [0.15, 0.2) is 0 Å². The van der Waals surface area contributed by atoms with Crippen molar-refractivity contribution in [2.75, 3.05) is 7.05 Å². The summed E-state index contributed by atoms with van der Waals surface area (Å²) < 4.78 is 0. The molecular formula is C8H10N2. The second kappa shape index (κ2) is 4.39.